The average molecular weight is 428 g/mol. The predicted molar refractivity (Wildman–Crippen MR) is 129 cm³/mol. The van der Waals surface area contributed by atoms with Crippen LogP contribution in [-0.4, -0.2) is 28.3 Å². The highest BCUT2D eigenvalue weighted by molar-refractivity contribution is 5.95. The van der Waals surface area contributed by atoms with E-state index in [0.717, 1.165) is 52.3 Å². The molecule has 1 aliphatic rings. The Bertz CT molecular complexity index is 1270. The number of hydrogen-bond donors (Lipinski definition) is 2. The fourth-order valence-electron chi connectivity index (χ4n) is 4.34. The van der Waals surface area contributed by atoms with E-state index in [9.17, 15) is 4.39 Å². The largest absolute Gasteiger partial charge is 0.357 e. The number of piperidine rings is 1. The fourth-order valence-corrected chi connectivity index (χ4v) is 4.34. The van der Waals surface area contributed by atoms with Gasteiger partial charge in [-0.05, 0) is 73.2 Å². The molecule has 0 bridgehead atoms. The highest BCUT2D eigenvalue weighted by Crippen LogP contribution is 2.31. The summed E-state index contributed by atoms with van der Waals surface area (Å²) in [4.78, 5) is 6.96. The Hall–Kier alpha value is -3.67. The van der Waals surface area contributed by atoms with Gasteiger partial charge in [-0.1, -0.05) is 24.8 Å². The average Bonchev–Trinajstić information content (AvgIpc) is 3.25. The van der Waals surface area contributed by atoms with Crippen molar-refractivity contribution in [3.8, 4) is 11.1 Å². The van der Waals surface area contributed by atoms with Crippen molar-refractivity contribution in [3.05, 3.63) is 78.4 Å². The Morgan fingerprint density at radius 1 is 1.09 bits per heavy atom. The molecule has 1 fully saturated rings. The summed E-state index contributed by atoms with van der Waals surface area (Å²) in [5.74, 6) is 0.808. The van der Waals surface area contributed by atoms with E-state index in [-0.39, 0.29) is 5.82 Å². The summed E-state index contributed by atoms with van der Waals surface area (Å²) in [6, 6.07) is 15.2. The molecule has 6 heteroatoms. The molecule has 0 saturated carbocycles. The number of nitrogens with zero attached hydrogens (tertiary/aromatic N) is 3. The van der Waals surface area contributed by atoms with Crippen molar-refractivity contribution in [1.29, 1.82) is 0 Å². The summed E-state index contributed by atoms with van der Waals surface area (Å²) in [5, 5.41) is 11.8. The zero-order chi connectivity index (χ0) is 22.1. The first-order valence-electron chi connectivity index (χ1n) is 11.0. The predicted octanol–water partition coefficient (Wildman–Crippen LogP) is 6.15. The van der Waals surface area contributed by atoms with Crippen molar-refractivity contribution in [2.45, 2.75) is 26.2 Å². The quantitative estimate of drug-likeness (QED) is 0.401. The number of nitrogens with one attached hydrogen (secondary N) is 2. The number of benzene rings is 2. The molecule has 5 rings (SSSR count). The third-order valence-corrected chi connectivity index (χ3v) is 6.15. The number of aromatic amines is 1. The van der Waals surface area contributed by atoms with E-state index in [4.69, 9.17) is 0 Å². The van der Waals surface area contributed by atoms with E-state index in [1.165, 1.54) is 25.3 Å². The molecule has 0 spiro atoms. The van der Waals surface area contributed by atoms with Crippen molar-refractivity contribution in [3.63, 3.8) is 0 Å². The molecule has 0 unspecified atom stereocenters. The van der Waals surface area contributed by atoms with Gasteiger partial charge in [0.2, 0.25) is 0 Å². The summed E-state index contributed by atoms with van der Waals surface area (Å²) in [6.07, 6.45) is 5.59. The van der Waals surface area contributed by atoms with Crippen LogP contribution in [0.25, 0.3) is 27.7 Å². The maximum atomic E-state index is 14.1. The monoisotopic (exact) mass is 427 g/mol. The summed E-state index contributed by atoms with van der Waals surface area (Å²) in [7, 11) is 0. The fraction of sp³-hybridized carbons (Fsp3) is 0.231. The normalized spacial score (nSPS) is 14.0. The van der Waals surface area contributed by atoms with Crippen LogP contribution in [0, 0.1) is 12.7 Å². The molecule has 32 heavy (non-hydrogen) atoms. The van der Waals surface area contributed by atoms with E-state index < -0.39 is 0 Å². The standard InChI is InChI=1S/C26H26FN5/c1-17-21(7-6-8-23(17)27)19-9-11-24-22(15-19)26(31-30-24)18(2)29-20-10-12-25(28-16-20)32-13-4-3-5-14-32/h6-12,15-16,29H,2-5,13-14H2,1H3,(H,30,31). The molecule has 0 atom stereocenters. The minimum atomic E-state index is -0.207. The van der Waals surface area contributed by atoms with Gasteiger partial charge in [0.05, 0.1) is 23.1 Å². The van der Waals surface area contributed by atoms with Crippen molar-refractivity contribution < 1.29 is 4.39 Å². The minimum absolute atomic E-state index is 0.207. The number of aromatic nitrogens is 3. The lowest BCUT2D eigenvalue weighted by Gasteiger charge is -2.27. The lowest BCUT2D eigenvalue weighted by atomic mass is 9.98. The number of halogens is 1. The molecule has 2 aromatic heterocycles. The number of hydrogen-bond acceptors (Lipinski definition) is 4. The number of H-pyrrole nitrogens is 1. The maximum Gasteiger partial charge on any atom is 0.128 e. The Kier molecular flexibility index (Phi) is 5.35. The van der Waals surface area contributed by atoms with Gasteiger partial charge in [0.25, 0.3) is 0 Å². The maximum absolute atomic E-state index is 14.1. The van der Waals surface area contributed by atoms with Crippen molar-refractivity contribution in [1.82, 2.24) is 15.2 Å². The van der Waals surface area contributed by atoms with Crippen molar-refractivity contribution in [2.24, 2.45) is 0 Å². The lowest BCUT2D eigenvalue weighted by Crippen LogP contribution is -2.30. The molecule has 0 amide bonds. The topological polar surface area (TPSA) is 56.8 Å². The van der Waals surface area contributed by atoms with Gasteiger partial charge >= 0.3 is 0 Å². The molecule has 2 N–H and O–H groups in total. The Balaban J connectivity index is 1.39. The second-order valence-corrected chi connectivity index (χ2v) is 8.30. The van der Waals surface area contributed by atoms with E-state index in [2.05, 4.69) is 38.0 Å². The second kappa shape index (κ2) is 8.46. The number of fused-ring (bicyclic) bond motifs is 1. The molecule has 5 nitrogen and oxygen atoms in total. The zero-order valence-electron chi connectivity index (χ0n) is 18.2. The van der Waals surface area contributed by atoms with E-state index in [1.54, 1.807) is 13.0 Å². The molecule has 3 heterocycles. The molecular formula is C26H26FN5. The van der Waals surface area contributed by atoms with Gasteiger partial charge in [-0.25, -0.2) is 9.37 Å². The molecule has 162 valence electrons. The number of anilines is 2. The Morgan fingerprint density at radius 3 is 2.72 bits per heavy atom. The molecular weight excluding hydrogens is 401 g/mol. The van der Waals surface area contributed by atoms with Crippen LogP contribution < -0.4 is 10.2 Å². The third kappa shape index (κ3) is 3.84. The summed E-state index contributed by atoms with van der Waals surface area (Å²) < 4.78 is 14.1. The van der Waals surface area contributed by atoms with Crippen molar-refractivity contribution >= 4 is 28.1 Å². The van der Waals surface area contributed by atoms with Crippen LogP contribution >= 0.6 is 0 Å². The van der Waals surface area contributed by atoms with Crippen LogP contribution in [0.4, 0.5) is 15.9 Å². The molecule has 4 aromatic rings. The summed E-state index contributed by atoms with van der Waals surface area (Å²) >= 11 is 0. The molecule has 2 aromatic carbocycles. The van der Waals surface area contributed by atoms with Crippen LogP contribution in [0.3, 0.4) is 0 Å². The molecule has 0 radical (unpaired) electrons. The van der Waals surface area contributed by atoms with E-state index in [0.29, 0.717) is 11.3 Å². The smallest absolute Gasteiger partial charge is 0.128 e. The van der Waals surface area contributed by atoms with Gasteiger partial charge in [0, 0.05) is 18.5 Å². The van der Waals surface area contributed by atoms with Gasteiger partial charge in [-0.2, -0.15) is 5.10 Å². The minimum Gasteiger partial charge on any atom is -0.357 e. The Morgan fingerprint density at radius 2 is 1.94 bits per heavy atom. The van der Waals surface area contributed by atoms with E-state index in [1.807, 2.05) is 36.5 Å². The Labute approximate surface area is 187 Å². The van der Waals surface area contributed by atoms with Crippen molar-refractivity contribution in [2.75, 3.05) is 23.3 Å². The highest BCUT2D eigenvalue weighted by Gasteiger charge is 2.14. The molecule has 1 aliphatic heterocycles. The van der Waals surface area contributed by atoms with Gasteiger partial charge < -0.3 is 10.2 Å². The van der Waals surface area contributed by atoms with Crippen LogP contribution in [0.1, 0.15) is 30.5 Å². The van der Waals surface area contributed by atoms with Gasteiger partial charge in [0.1, 0.15) is 17.3 Å². The third-order valence-electron chi connectivity index (χ3n) is 6.15. The number of pyridine rings is 1. The number of rotatable bonds is 5. The SMILES string of the molecule is C=C(Nc1ccc(N2CCCCC2)nc1)c1n[nH]c2ccc(-c3cccc(F)c3C)cc12. The van der Waals surface area contributed by atoms with Gasteiger partial charge in [-0.15, -0.1) is 0 Å². The van der Waals surface area contributed by atoms with Gasteiger partial charge in [-0.3, -0.25) is 5.10 Å². The van der Waals surface area contributed by atoms with E-state index >= 15 is 0 Å². The van der Waals surface area contributed by atoms with Crippen LogP contribution in [-0.2, 0) is 0 Å². The van der Waals surface area contributed by atoms with Crippen LogP contribution in [0.2, 0.25) is 0 Å². The van der Waals surface area contributed by atoms with Crippen LogP contribution in [0.5, 0.6) is 0 Å². The first kappa shape index (κ1) is 20.2. The first-order chi connectivity index (χ1) is 15.6. The molecule has 0 aliphatic carbocycles. The van der Waals surface area contributed by atoms with Gasteiger partial charge in [0.15, 0.2) is 0 Å². The second-order valence-electron chi connectivity index (χ2n) is 8.30. The first-order valence-corrected chi connectivity index (χ1v) is 11.0. The lowest BCUT2D eigenvalue weighted by molar-refractivity contribution is 0.573. The molecule has 1 saturated heterocycles. The highest BCUT2D eigenvalue weighted by atomic mass is 19.1. The van der Waals surface area contributed by atoms with Crippen LogP contribution in [0.15, 0.2) is 61.3 Å². The zero-order valence-corrected chi connectivity index (χ0v) is 18.2. The summed E-state index contributed by atoms with van der Waals surface area (Å²) in [5.41, 5.74) is 5.62. The summed E-state index contributed by atoms with van der Waals surface area (Å²) in [6.45, 7) is 8.13.